The van der Waals surface area contributed by atoms with Crippen molar-refractivity contribution in [2.75, 3.05) is 6.54 Å². The summed E-state index contributed by atoms with van der Waals surface area (Å²) in [5, 5.41) is -3.37. The fourth-order valence-corrected chi connectivity index (χ4v) is 3.42. The van der Waals surface area contributed by atoms with Crippen LogP contribution in [0.1, 0.15) is 27.2 Å². The molecule has 0 aromatic carbocycles. The van der Waals surface area contributed by atoms with E-state index < -0.39 is 32.9 Å². The van der Waals surface area contributed by atoms with Crippen LogP contribution in [-0.4, -0.2) is 31.6 Å². The van der Waals surface area contributed by atoms with E-state index >= 15 is 0 Å². The Morgan fingerprint density at radius 3 is 1.88 bits per heavy atom. The van der Waals surface area contributed by atoms with Gasteiger partial charge in [-0.1, -0.05) is 13.8 Å². The molecule has 0 radical (unpaired) electrons. The summed E-state index contributed by atoms with van der Waals surface area (Å²) in [6.45, 7) is 4.17. The minimum absolute atomic E-state index is 0.297. The minimum atomic E-state index is -4.75. The molecule has 3 nitrogen and oxygen atoms in total. The van der Waals surface area contributed by atoms with Crippen molar-refractivity contribution in [3.8, 4) is 0 Å². The number of alkyl halides is 3. The molecule has 0 rings (SSSR count). The van der Waals surface area contributed by atoms with Crippen molar-refractivity contribution in [2.24, 2.45) is 11.7 Å². The molecule has 0 bridgehead atoms. The average Bonchev–Trinajstić information content (AvgIpc) is 2.10. The van der Waals surface area contributed by atoms with E-state index in [-0.39, 0.29) is 12.5 Å². The topological polar surface area (TPSA) is 60.2 Å². The van der Waals surface area contributed by atoms with Gasteiger partial charge in [0.25, 0.3) is 0 Å². The zero-order chi connectivity index (χ0) is 13.1. The van der Waals surface area contributed by atoms with Crippen LogP contribution in [0.25, 0.3) is 0 Å². The van der Waals surface area contributed by atoms with E-state index in [1.165, 1.54) is 6.92 Å². The molecule has 0 saturated heterocycles. The van der Waals surface area contributed by atoms with Gasteiger partial charge in [0.2, 0.25) is 0 Å². The van der Waals surface area contributed by atoms with Crippen LogP contribution in [0, 0.1) is 5.92 Å². The van der Waals surface area contributed by atoms with Gasteiger partial charge in [0.1, 0.15) is 0 Å². The molecule has 7 heteroatoms. The van der Waals surface area contributed by atoms with Crippen LogP contribution in [0.15, 0.2) is 0 Å². The van der Waals surface area contributed by atoms with Crippen LogP contribution in [-0.2, 0) is 9.84 Å². The van der Waals surface area contributed by atoms with Crippen LogP contribution < -0.4 is 5.73 Å². The second-order valence-electron chi connectivity index (χ2n) is 4.15. The minimum Gasteiger partial charge on any atom is -0.330 e. The van der Waals surface area contributed by atoms with Gasteiger partial charge in [-0.3, -0.25) is 0 Å². The number of halogens is 3. The van der Waals surface area contributed by atoms with Gasteiger partial charge < -0.3 is 5.73 Å². The molecule has 0 saturated carbocycles. The molecule has 16 heavy (non-hydrogen) atoms. The Balaban J connectivity index is 5.22. The molecule has 0 spiro atoms. The predicted octanol–water partition coefficient (Wildman–Crippen LogP) is 1.73. The van der Waals surface area contributed by atoms with E-state index in [1.807, 2.05) is 0 Å². The first kappa shape index (κ1) is 15.7. The van der Waals surface area contributed by atoms with E-state index in [2.05, 4.69) is 0 Å². The SMILES string of the molecule is CC(C)C(C)S(=O)(=O)C(CCN)C(F)(F)F. The quantitative estimate of drug-likeness (QED) is 0.819. The third-order valence-electron chi connectivity index (χ3n) is 2.65. The second-order valence-corrected chi connectivity index (χ2v) is 6.64. The summed E-state index contributed by atoms with van der Waals surface area (Å²) < 4.78 is 61.2. The normalized spacial score (nSPS) is 17.5. The highest BCUT2D eigenvalue weighted by Crippen LogP contribution is 2.32. The van der Waals surface area contributed by atoms with Gasteiger partial charge in [-0.05, 0) is 25.8 Å². The van der Waals surface area contributed by atoms with Crippen molar-refractivity contribution in [2.45, 2.75) is 43.9 Å². The number of nitrogens with two attached hydrogens (primary N) is 1. The first-order valence-electron chi connectivity index (χ1n) is 5.04. The van der Waals surface area contributed by atoms with E-state index in [0.717, 1.165) is 0 Å². The van der Waals surface area contributed by atoms with E-state index in [9.17, 15) is 21.6 Å². The molecule has 0 aromatic rings. The first-order chi connectivity index (χ1) is 7.05. The number of sulfone groups is 1. The molecule has 0 aliphatic rings. The van der Waals surface area contributed by atoms with Crippen molar-refractivity contribution in [1.82, 2.24) is 0 Å². The fourth-order valence-electron chi connectivity index (χ4n) is 1.30. The summed E-state index contributed by atoms with van der Waals surface area (Å²) in [7, 11) is -4.23. The van der Waals surface area contributed by atoms with Crippen molar-refractivity contribution < 1.29 is 21.6 Å². The standard InChI is InChI=1S/C9H18F3NO2S/c1-6(2)7(3)16(14,15)8(4-5-13)9(10,11)12/h6-8H,4-5,13H2,1-3H3. The fraction of sp³-hybridized carbons (Fsp3) is 1.00. The van der Waals surface area contributed by atoms with E-state index in [1.54, 1.807) is 13.8 Å². The predicted molar refractivity (Wildman–Crippen MR) is 56.7 cm³/mol. The van der Waals surface area contributed by atoms with Gasteiger partial charge in [0.05, 0.1) is 5.25 Å². The highest BCUT2D eigenvalue weighted by molar-refractivity contribution is 7.92. The van der Waals surface area contributed by atoms with Crippen LogP contribution in [0.5, 0.6) is 0 Å². The Kier molecular flexibility index (Phi) is 5.25. The first-order valence-corrected chi connectivity index (χ1v) is 6.65. The molecule has 0 fully saturated rings. The van der Waals surface area contributed by atoms with Gasteiger partial charge in [-0.2, -0.15) is 13.2 Å². The molecule has 0 aromatic heterocycles. The molecule has 2 unspecified atom stereocenters. The highest BCUT2D eigenvalue weighted by atomic mass is 32.2. The molecule has 0 amide bonds. The van der Waals surface area contributed by atoms with Crippen molar-refractivity contribution in [3.63, 3.8) is 0 Å². The summed E-state index contributed by atoms with van der Waals surface area (Å²) in [6.07, 6.45) is -5.33. The second kappa shape index (κ2) is 5.35. The van der Waals surface area contributed by atoms with Crippen LogP contribution >= 0.6 is 0 Å². The molecule has 0 aliphatic carbocycles. The lowest BCUT2D eigenvalue weighted by molar-refractivity contribution is -0.131. The Labute approximate surface area is 94.1 Å². The Hall–Kier alpha value is -0.300. The maximum absolute atomic E-state index is 12.6. The summed E-state index contributed by atoms with van der Waals surface area (Å²) in [5.41, 5.74) is 5.03. The molecule has 2 atom stereocenters. The lowest BCUT2D eigenvalue weighted by Gasteiger charge is -2.25. The van der Waals surface area contributed by atoms with Crippen molar-refractivity contribution >= 4 is 9.84 Å². The Bertz CT molecular complexity index is 311. The molecule has 0 heterocycles. The highest BCUT2D eigenvalue weighted by Gasteiger charge is 2.49. The lowest BCUT2D eigenvalue weighted by Crippen LogP contribution is -2.44. The zero-order valence-corrected chi connectivity index (χ0v) is 10.4. The maximum Gasteiger partial charge on any atom is 0.405 e. The Morgan fingerprint density at radius 2 is 1.62 bits per heavy atom. The third kappa shape index (κ3) is 3.62. The summed E-state index contributed by atoms with van der Waals surface area (Å²) in [6, 6.07) is 0. The number of rotatable bonds is 5. The molecular weight excluding hydrogens is 243 g/mol. The summed E-state index contributed by atoms with van der Waals surface area (Å²) in [5.74, 6) is -0.354. The van der Waals surface area contributed by atoms with Gasteiger partial charge >= 0.3 is 6.18 Å². The number of hydrogen-bond donors (Lipinski definition) is 1. The van der Waals surface area contributed by atoms with Gasteiger partial charge in [0, 0.05) is 0 Å². The van der Waals surface area contributed by atoms with E-state index in [4.69, 9.17) is 5.73 Å². The maximum atomic E-state index is 12.6. The largest absolute Gasteiger partial charge is 0.405 e. The van der Waals surface area contributed by atoms with Crippen LogP contribution in [0.2, 0.25) is 0 Å². The van der Waals surface area contributed by atoms with Gasteiger partial charge in [-0.15, -0.1) is 0 Å². The van der Waals surface area contributed by atoms with E-state index in [0.29, 0.717) is 0 Å². The third-order valence-corrected chi connectivity index (χ3v) is 5.52. The molecule has 98 valence electrons. The molecule has 2 N–H and O–H groups in total. The number of hydrogen-bond acceptors (Lipinski definition) is 3. The lowest BCUT2D eigenvalue weighted by atomic mass is 10.2. The summed E-state index contributed by atoms with van der Waals surface area (Å²) in [4.78, 5) is 0. The smallest absolute Gasteiger partial charge is 0.330 e. The molecule has 0 aliphatic heterocycles. The van der Waals surface area contributed by atoms with Crippen molar-refractivity contribution in [3.05, 3.63) is 0 Å². The average molecular weight is 261 g/mol. The molecular formula is C9H18F3NO2S. The van der Waals surface area contributed by atoms with Crippen LogP contribution in [0.3, 0.4) is 0 Å². The van der Waals surface area contributed by atoms with Gasteiger partial charge in [0.15, 0.2) is 15.1 Å². The zero-order valence-electron chi connectivity index (χ0n) is 9.58. The van der Waals surface area contributed by atoms with Crippen LogP contribution in [0.4, 0.5) is 13.2 Å². The Morgan fingerprint density at radius 1 is 1.19 bits per heavy atom. The van der Waals surface area contributed by atoms with Gasteiger partial charge in [-0.25, -0.2) is 8.42 Å². The monoisotopic (exact) mass is 261 g/mol. The van der Waals surface area contributed by atoms with Crippen molar-refractivity contribution in [1.29, 1.82) is 0 Å². The summed E-state index contributed by atoms with van der Waals surface area (Å²) >= 11 is 0.